The summed E-state index contributed by atoms with van der Waals surface area (Å²) in [5, 5.41) is 6.21. The molecular formula is C18H24N4O4S3. The van der Waals surface area contributed by atoms with Gasteiger partial charge in [-0.2, -0.15) is 0 Å². The summed E-state index contributed by atoms with van der Waals surface area (Å²) >= 11 is 2.98. The number of aryl methyl sites for hydroxylation is 1. The van der Waals surface area contributed by atoms with Gasteiger partial charge in [0.1, 0.15) is 0 Å². The van der Waals surface area contributed by atoms with Gasteiger partial charge in [0, 0.05) is 35.7 Å². The second kappa shape index (κ2) is 8.90. The number of carbonyl (C=O) groups excluding carboxylic acids is 2. The molecule has 0 unspecified atom stereocenters. The lowest BCUT2D eigenvalue weighted by molar-refractivity contribution is -0.121. The molecule has 1 fully saturated rings. The van der Waals surface area contributed by atoms with Gasteiger partial charge in [-0.15, -0.1) is 22.7 Å². The van der Waals surface area contributed by atoms with E-state index in [4.69, 9.17) is 0 Å². The van der Waals surface area contributed by atoms with Gasteiger partial charge in [-0.3, -0.25) is 9.59 Å². The molecule has 3 rings (SSSR count). The summed E-state index contributed by atoms with van der Waals surface area (Å²) in [5.74, 6) is -0.403. The predicted octanol–water partition coefficient (Wildman–Crippen LogP) is 2.43. The van der Waals surface area contributed by atoms with E-state index in [9.17, 15) is 18.0 Å². The summed E-state index contributed by atoms with van der Waals surface area (Å²) in [6, 6.07) is 3.93. The third-order valence-electron chi connectivity index (χ3n) is 4.73. The topological polar surface area (TPSA) is 108 Å². The molecule has 1 aliphatic rings. The van der Waals surface area contributed by atoms with Gasteiger partial charge in [0.25, 0.3) is 0 Å². The maximum atomic E-state index is 12.6. The number of anilines is 1. The van der Waals surface area contributed by atoms with Crippen LogP contribution in [0.3, 0.4) is 0 Å². The van der Waals surface area contributed by atoms with Crippen molar-refractivity contribution in [2.45, 2.75) is 33.2 Å². The van der Waals surface area contributed by atoms with Crippen molar-refractivity contribution < 1.29 is 18.0 Å². The lowest BCUT2D eigenvalue weighted by Gasteiger charge is -2.29. The van der Waals surface area contributed by atoms with Crippen LogP contribution in [0.4, 0.5) is 5.13 Å². The number of carbonyl (C=O) groups is 2. The van der Waals surface area contributed by atoms with Crippen LogP contribution in [0.2, 0.25) is 0 Å². The molecule has 3 heterocycles. The molecular weight excluding hydrogens is 432 g/mol. The number of rotatable bonds is 6. The molecule has 0 saturated carbocycles. The zero-order valence-electron chi connectivity index (χ0n) is 16.5. The molecule has 158 valence electrons. The molecule has 0 aliphatic carbocycles. The van der Waals surface area contributed by atoms with Gasteiger partial charge in [0.15, 0.2) is 5.13 Å². The van der Waals surface area contributed by atoms with Gasteiger partial charge in [0.05, 0.1) is 23.4 Å². The fraction of sp³-hybridized carbons (Fsp3) is 0.500. The molecule has 2 aromatic heterocycles. The smallest absolute Gasteiger partial charge is 0.229 e. The number of aromatic nitrogens is 1. The Morgan fingerprint density at radius 1 is 1.24 bits per heavy atom. The molecule has 2 N–H and O–H groups in total. The fourth-order valence-corrected chi connectivity index (χ4v) is 5.91. The van der Waals surface area contributed by atoms with E-state index in [1.54, 1.807) is 11.3 Å². The van der Waals surface area contributed by atoms with Crippen molar-refractivity contribution in [3.63, 3.8) is 0 Å². The highest BCUT2D eigenvalue weighted by Gasteiger charge is 2.29. The maximum Gasteiger partial charge on any atom is 0.229 e. The molecule has 11 heteroatoms. The van der Waals surface area contributed by atoms with E-state index in [1.807, 2.05) is 19.1 Å². The predicted molar refractivity (Wildman–Crippen MR) is 115 cm³/mol. The first-order valence-electron chi connectivity index (χ1n) is 9.20. The molecule has 0 radical (unpaired) electrons. The summed E-state index contributed by atoms with van der Waals surface area (Å²) in [4.78, 5) is 31.2. The third-order valence-corrected chi connectivity index (χ3v) is 8.01. The van der Waals surface area contributed by atoms with Gasteiger partial charge in [-0.1, -0.05) is 0 Å². The lowest BCUT2D eigenvalue weighted by Crippen LogP contribution is -2.40. The minimum Gasteiger partial charge on any atom is -0.351 e. The monoisotopic (exact) mass is 456 g/mol. The Labute approximate surface area is 178 Å². The average molecular weight is 457 g/mol. The van der Waals surface area contributed by atoms with Crippen molar-refractivity contribution >= 4 is 49.6 Å². The molecule has 2 aromatic rings. The van der Waals surface area contributed by atoms with Crippen LogP contribution in [0.25, 0.3) is 10.6 Å². The standard InChI is InChI=1S/C18H24N4O4S3/c1-11-16(15-5-4-14(28-15)10-19-12(2)23)20-18(27-11)21-17(24)13-6-8-22(9-7-13)29(3,25)26/h4-5,13H,6-10H2,1-3H3,(H,19,23)(H,20,21,24). The minimum absolute atomic E-state index is 0.0721. The summed E-state index contributed by atoms with van der Waals surface area (Å²) in [6.45, 7) is 4.66. The normalized spacial score (nSPS) is 16.0. The Bertz CT molecular complexity index is 1000. The SMILES string of the molecule is CC(=O)NCc1ccc(-c2nc(NC(=O)C3CCN(S(C)(=O)=O)CC3)sc2C)s1. The third kappa shape index (κ3) is 5.62. The first-order valence-corrected chi connectivity index (χ1v) is 12.7. The van der Waals surface area contributed by atoms with Gasteiger partial charge in [0.2, 0.25) is 21.8 Å². The first-order chi connectivity index (χ1) is 13.6. The summed E-state index contributed by atoms with van der Waals surface area (Å²) in [5.41, 5.74) is 0.830. The van der Waals surface area contributed by atoms with Gasteiger partial charge >= 0.3 is 0 Å². The molecule has 0 aromatic carbocycles. The highest BCUT2D eigenvalue weighted by molar-refractivity contribution is 7.88. The van der Waals surface area contributed by atoms with Crippen molar-refractivity contribution in [3.05, 3.63) is 21.9 Å². The Morgan fingerprint density at radius 2 is 1.93 bits per heavy atom. The Morgan fingerprint density at radius 3 is 2.55 bits per heavy atom. The van der Waals surface area contributed by atoms with Crippen molar-refractivity contribution in [3.8, 4) is 10.6 Å². The summed E-state index contributed by atoms with van der Waals surface area (Å²) in [6.07, 6.45) is 2.21. The molecule has 29 heavy (non-hydrogen) atoms. The van der Waals surface area contributed by atoms with Crippen LogP contribution < -0.4 is 10.6 Å². The van der Waals surface area contributed by atoms with E-state index in [0.29, 0.717) is 37.6 Å². The van der Waals surface area contributed by atoms with Crippen molar-refractivity contribution in [2.75, 3.05) is 24.7 Å². The largest absolute Gasteiger partial charge is 0.351 e. The molecule has 1 aliphatic heterocycles. The van der Waals surface area contributed by atoms with Gasteiger partial charge in [-0.25, -0.2) is 17.7 Å². The number of thiophene rings is 1. The average Bonchev–Trinajstić information content (AvgIpc) is 3.25. The number of nitrogens with one attached hydrogen (secondary N) is 2. The Hall–Kier alpha value is -1.82. The van der Waals surface area contributed by atoms with Gasteiger partial charge in [-0.05, 0) is 31.9 Å². The highest BCUT2D eigenvalue weighted by Crippen LogP contribution is 2.35. The van der Waals surface area contributed by atoms with Crippen LogP contribution in [-0.2, 0) is 26.2 Å². The second-order valence-electron chi connectivity index (χ2n) is 7.03. The van der Waals surface area contributed by atoms with E-state index in [1.165, 1.54) is 28.8 Å². The molecule has 0 spiro atoms. The number of sulfonamides is 1. The number of piperidine rings is 1. The van der Waals surface area contributed by atoms with E-state index in [2.05, 4.69) is 15.6 Å². The number of hydrogen-bond donors (Lipinski definition) is 2. The van der Waals surface area contributed by atoms with E-state index in [-0.39, 0.29) is 17.7 Å². The second-order valence-corrected chi connectivity index (χ2v) is 11.4. The van der Waals surface area contributed by atoms with E-state index >= 15 is 0 Å². The molecule has 0 atom stereocenters. The molecule has 1 saturated heterocycles. The zero-order chi connectivity index (χ0) is 21.2. The van der Waals surface area contributed by atoms with Crippen molar-refractivity contribution in [1.29, 1.82) is 0 Å². The number of hydrogen-bond acceptors (Lipinski definition) is 7. The Balaban J connectivity index is 1.62. The summed E-state index contributed by atoms with van der Waals surface area (Å²) in [7, 11) is -3.20. The number of amides is 2. The lowest BCUT2D eigenvalue weighted by atomic mass is 9.97. The van der Waals surface area contributed by atoms with E-state index in [0.717, 1.165) is 20.3 Å². The zero-order valence-corrected chi connectivity index (χ0v) is 19.0. The molecule has 8 nitrogen and oxygen atoms in total. The van der Waals surface area contributed by atoms with Crippen LogP contribution in [0.15, 0.2) is 12.1 Å². The highest BCUT2D eigenvalue weighted by atomic mass is 32.2. The van der Waals surface area contributed by atoms with Gasteiger partial charge < -0.3 is 10.6 Å². The van der Waals surface area contributed by atoms with Crippen LogP contribution in [0.5, 0.6) is 0 Å². The number of thiazole rings is 1. The number of nitrogens with zero attached hydrogens (tertiary/aromatic N) is 2. The van der Waals surface area contributed by atoms with Crippen molar-refractivity contribution in [2.24, 2.45) is 5.92 Å². The first kappa shape index (κ1) is 21.9. The van der Waals surface area contributed by atoms with Crippen LogP contribution in [-0.4, -0.2) is 48.9 Å². The molecule has 0 bridgehead atoms. The van der Waals surface area contributed by atoms with Crippen LogP contribution in [0.1, 0.15) is 29.5 Å². The van der Waals surface area contributed by atoms with Crippen LogP contribution >= 0.6 is 22.7 Å². The summed E-state index contributed by atoms with van der Waals surface area (Å²) < 4.78 is 24.6. The Kier molecular flexibility index (Phi) is 6.72. The fourth-order valence-electron chi connectivity index (χ4n) is 3.15. The maximum absolute atomic E-state index is 12.6. The minimum atomic E-state index is -3.20. The van der Waals surface area contributed by atoms with E-state index < -0.39 is 10.0 Å². The van der Waals surface area contributed by atoms with Crippen molar-refractivity contribution in [1.82, 2.24) is 14.6 Å². The molecule has 2 amide bonds. The van der Waals surface area contributed by atoms with Crippen LogP contribution in [0, 0.1) is 12.8 Å². The quantitative estimate of drug-likeness (QED) is 0.694.